The minimum absolute atomic E-state index is 0.0323. The van der Waals surface area contributed by atoms with Crippen molar-refractivity contribution in [2.45, 2.75) is 25.8 Å². The van der Waals surface area contributed by atoms with Crippen molar-refractivity contribution >= 4 is 29.1 Å². The van der Waals surface area contributed by atoms with Crippen molar-refractivity contribution in [3.63, 3.8) is 0 Å². The van der Waals surface area contributed by atoms with Crippen LogP contribution in [0.25, 0.3) is 0 Å². The lowest BCUT2D eigenvalue weighted by Crippen LogP contribution is -2.49. The first-order valence-electron chi connectivity index (χ1n) is 10.8. The van der Waals surface area contributed by atoms with Crippen molar-refractivity contribution in [3.05, 3.63) is 59.1 Å². The monoisotopic (exact) mass is 441 g/mol. The van der Waals surface area contributed by atoms with Gasteiger partial charge in [-0.3, -0.25) is 14.5 Å². The van der Waals surface area contributed by atoms with E-state index in [1.807, 2.05) is 47.4 Å². The molecule has 0 radical (unpaired) electrons. The molecule has 31 heavy (non-hydrogen) atoms. The van der Waals surface area contributed by atoms with Gasteiger partial charge in [-0.2, -0.15) is 0 Å². The molecular weight excluding hydrogens is 414 g/mol. The van der Waals surface area contributed by atoms with E-state index in [0.717, 1.165) is 35.1 Å². The lowest BCUT2D eigenvalue weighted by molar-refractivity contribution is -0.135. The average molecular weight is 442 g/mol. The van der Waals surface area contributed by atoms with Gasteiger partial charge in [-0.25, -0.2) is 0 Å². The Bertz CT molecular complexity index is 943. The van der Waals surface area contributed by atoms with Crippen molar-refractivity contribution in [3.8, 4) is 5.75 Å². The Labute approximate surface area is 188 Å². The maximum atomic E-state index is 12.8. The second-order valence-corrected chi connectivity index (χ2v) is 8.38. The van der Waals surface area contributed by atoms with E-state index in [2.05, 4.69) is 17.9 Å². The lowest BCUT2D eigenvalue weighted by atomic mass is 10.1. The fraction of sp³-hybridized carbons (Fsp3) is 0.417. The van der Waals surface area contributed by atoms with Crippen LogP contribution in [0.1, 0.15) is 31.4 Å². The summed E-state index contributed by atoms with van der Waals surface area (Å²) in [5.41, 5.74) is 1.90. The van der Waals surface area contributed by atoms with E-state index in [-0.39, 0.29) is 30.7 Å². The molecule has 1 fully saturated rings. The van der Waals surface area contributed by atoms with Gasteiger partial charge in [-0.05, 0) is 30.7 Å². The first-order chi connectivity index (χ1) is 15.0. The number of piperazine rings is 1. The number of hydrogen-bond acceptors (Lipinski definition) is 4. The number of halogens is 1. The number of benzene rings is 2. The van der Waals surface area contributed by atoms with Crippen LogP contribution < -0.4 is 9.64 Å². The summed E-state index contributed by atoms with van der Waals surface area (Å²) in [4.78, 5) is 31.4. The smallest absolute Gasteiger partial charge is 0.227 e. The highest BCUT2D eigenvalue weighted by molar-refractivity contribution is 6.31. The van der Waals surface area contributed by atoms with Crippen LogP contribution in [0, 0.1) is 0 Å². The molecule has 0 spiro atoms. The summed E-state index contributed by atoms with van der Waals surface area (Å²) in [6.07, 6.45) is 0.446. The van der Waals surface area contributed by atoms with E-state index in [0.29, 0.717) is 26.2 Å². The summed E-state index contributed by atoms with van der Waals surface area (Å²) in [6.45, 7) is 6.07. The van der Waals surface area contributed by atoms with Crippen LogP contribution in [0.2, 0.25) is 5.02 Å². The molecule has 2 heterocycles. The molecule has 2 aromatic rings. The molecule has 1 unspecified atom stereocenters. The van der Waals surface area contributed by atoms with E-state index in [1.54, 1.807) is 4.90 Å². The molecule has 6 nitrogen and oxygen atoms in total. The minimum atomic E-state index is -0.0323. The Hall–Kier alpha value is -2.57. The summed E-state index contributed by atoms with van der Waals surface area (Å²) >= 11 is 6.35. The van der Waals surface area contributed by atoms with Crippen LogP contribution in [0.3, 0.4) is 0 Å². The van der Waals surface area contributed by atoms with Gasteiger partial charge in [0.15, 0.2) is 0 Å². The predicted molar refractivity (Wildman–Crippen MR) is 122 cm³/mol. The van der Waals surface area contributed by atoms with Crippen molar-refractivity contribution in [1.82, 2.24) is 9.80 Å². The maximum absolute atomic E-state index is 12.8. The number of fused-ring (bicyclic) bond motifs is 1. The number of carbonyl (C=O) groups is 2. The molecule has 1 saturated heterocycles. The summed E-state index contributed by atoms with van der Waals surface area (Å²) in [5, 5.41) is 0.775. The normalized spacial score (nSPS) is 17.6. The number of anilines is 1. The second-order valence-electron chi connectivity index (χ2n) is 7.98. The van der Waals surface area contributed by atoms with Gasteiger partial charge in [0.05, 0.1) is 12.2 Å². The molecule has 1 atom stereocenters. The largest absolute Gasteiger partial charge is 0.490 e. The van der Waals surface area contributed by atoms with Crippen molar-refractivity contribution in [1.29, 1.82) is 0 Å². The van der Waals surface area contributed by atoms with Gasteiger partial charge >= 0.3 is 0 Å². The Kier molecular flexibility index (Phi) is 6.78. The zero-order valence-electron chi connectivity index (χ0n) is 17.8. The molecular formula is C24H28ClN3O3. The highest BCUT2D eigenvalue weighted by Crippen LogP contribution is 2.31. The van der Waals surface area contributed by atoms with Gasteiger partial charge in [0.1, 0.15) is 12.4 Å². The van der Waals surface area contributed by atoms with Crippen molar-refractivity contribution in [2.24, 2.45) is 0 Å². The highest BCUT2D eigenvalue weighted by Gasteiger charge is 2.27. The third-order valence-corrected chi connectivity index (χ3v) is 6.50. The van der Waals surface area contributed by atoms with Gasteiger partial charge in [0.2, 0.25) is 11.8 Å². The van der Waals surface area contributed by atoms with Crippen LogP contribution in [-0.2, 0) is 9.59 Å². The predicted octanol–water partition coefficient (Wildman–Crippen LogP) is 3.75. The number of amides is 2. The molecule has 0 bridgehead atoms. The number of para-hydroxylation sites is 2. The standard InChI is InChI=1S/C24H28ClN3O3/c1-18(19-6-2-3-7-20(19)25)26-12-14-27(15-13-26)23(29)10-11-24(30)28-16-17-31-22-9-5-4-8-21(22)28/h2-9,18H,10-17H2,1H3. The molecule has 2 aliphatic heterocycles. The number of nitrogens with zero attached hydrogens (tertiary/aromatic N) is 3. The summed E-state index contributed by atoms with van der Waals surface area (Å²) in [7, 11) is 0. The quantitative estimate of drug-likeness (QED) is 0.709. The number of rotatable bonds is 5. The summed E-state index contributed by atoms with van der Waals surface area (Å²) in [6, 6.07) is 15.6. The van der Waals surface area contributed by atoms with E-state index in [1.165, 1.54) is 0 Å². The molecule has 4 rings (SSSR count). The van der Waals surface area contributed by atoms with Crippen molar-refractivity contribution < 1.29 is 14.3 Å². The zero-order chi connectivity index (χ0) is 21.8. The van der Waals surface area contributed by atoms with Gasteiger partial charge in [-0.1, -0.05) is 41.9 Å². The Morgan fingerprint density at radius 2 is 1.61 bits per heavy atom. The molecule has 0 saturated carbocycles. The minimum Gasteiger partial charge on any atom is -0.490 e. The third kappa shape index (κ3) is 4.86. The van der Waals surface area contributed by atoms with E-state index in [9.17, 15) is 9.59 Å². The Morgan fingerprint density at radius 1 is 0.935 bits per heavy atom. The molecule has 2 amide bonds. The fourth-order valence-corrected chi connectivity index (χ4v) is 4.60. The topological polar surface area (TPSA) is 53.1 Å². The fourth-order valence-electron chi connectivity index (χ4n) is 4.30. The molecule has 0 N–H and O–H groups in total. The SMILES string of the molecule is CC(c1ccccc1Cl)N1CCN(C(=O)CCC(=O)N2CCOc3ccccc32)CC1. The highest BCUT2D eigenvalue weighted by atomic mass is 35.5. The van der Waals surface area contributed by atoms with Gasteiger partial charge < -0.3 is 14.5 Å². The van der Waals surface area contributed by atoms with Crippen LogP contribution in [0.15, 0.2) is 48.5 Å². The summed E-state index contributed by atoms with van der Waals surface area (Å²) < 4.78 is 5.61. The molecule has 0 aliphatic carbocycles. The second kappa shape index (κ2) is 9.71. The van der Waals surface area contributed by atoms with Crippen LogP contribution >= 0.6 is 11.6 Å². The first-order valence-corrected chi connectivity index (χ1v) is 11.2. The van der Waals surface area contributed by atoms with E-state index >= 15 is 0 Å². The molecule has 2 aromatic carbocycles. The van der Waals surface area contributed by atoms with Crippen LogP contribution in [0.5, 0.6) is 5.75 Å². The maximum Gasteiger partial charge on any atom is 0.227 e. The average Bonchev–Trinajstić information content (AvgIpc) is 2.82. The van der Waals surface area contributed by atoms with Crippen molar-refractivity contribution in [2.75, 3.05) is 44.2 Å². The first kappa shape index (κ1) is 21.7. The van der Waals surface area contributed by atoms with Gasteiger partial charge in [0, 0.05) is 50.1 Å². The number of hydrogen-bond donors (Lipinski definition) is 0. The van der Waals surface area contributed by atoms with Crippen LogP contribution in [-0.4, -0.2) is 60.9 Å². The molecule has 164 valence electrons. The van der Waals surface area contributed by atoms with Gasteiger partial charge in [0.25, 0.3) is 0 Å². The molecule has 7 heteroatoms. The zero-order valence-corrected chi connectivity index (χ0v) is 18.6. The molecule has 0 aromatic heterocycles. The summed E-state index contributed by atoms with van der Waals surface area (Å²) in [5.74, 6) is 0.729. The van der Waals surface area contributed by atoms with Crippen LogP contribution in [0.4, 0.5) is 5.69 Å². The lowest BCUT2D eigenvalue weighted by Gasteiger charge is -2.38. The number of ether oxygens (including phenoxy) is 1. The Morgan fingerprint density at radius 3 is 2.39 bits per heavy atom. The van der Waals surface area contributed by atoms with Gasteiger partial charge in [-0.15, -0.1) is 0 Å². The van der Waals surface area contributed by atoms with E-state index in [4.69, 9.17) is 16.3 Å². The van der Waals surface area contributed by atoms with E-state index < -0.39 is 0 Å². The Balaban J connectivity index is 1.27. The molecule has 2 aliphatic rings. The number of carbonyl (C=O) groups excluding carboxylic acids is 2. The third-order valence-electron chi connectivity index (χ3n) is 6.15.